The van der Waals surface area contributed by atoms with Gasteiger partial charge in [-0.05, 0) is 25.5 Å². The van der Waals surface area contributed by atoms with Gasteiger partial charge in [-0.15, -0.1) is 11.3 Å². The van der Waals surface area contributed by atoms with E-state index in [0.717, 1.165) is 18.2 Å². The number of fused-ring (bicyclic) bond motifs is 1. The molecular formula is C16H22N2OS. The minimum atomic E-state index is -0.0607. The Hall–Kier alpha value is -0.860. The number of piperazine rings is 1. The van der Waals surface area contributed by atoms with E-state index >= 15 is 0 Å². The Morgan fingerprint density at radius 3 is 3.15 bits per heavy atom. The molecule has 0 aliphatic carbocycles. The van der Waals surface area contributed by atoms with E-state index in [1.54, 1.807) is 11.3 Å². The van der Waals surface area contributed by atoms with Gasteiger partial charge in [0.2, 0.25) is 0 Å². The van der Waals surface area contributed by atoms with Crippen molar-refractivity contribution in [1.29, 1.82) is 0 Å². The Labute approximate surface area is 125 Å². The molecule has 2 aliphatic heterocycles. The molecule has 3 heterocycles. The molecule has 3 rings (SSSR count). The number of hydrogen-bond donors (Lipinski definition) is 1. The van der Waals surface area contributed by atoms with Gasteiger partial charge in [0.25, 0.3) is 0 Å². The number of aliphatic hydroxyl groups excluding tert-OH is 1. The number of rotatable bonds is 2. The van der Waals surface area contributed by atoms with Gasteiger partial charge in [-0.1, -0.05) is 18.3 Å². The minimum absolute atomic E-state index is 0.0607. The van der Waals surface area contributed by atoms with Crippen molar-refractivity contribution in [3.8, 4) is 11.8 Å². The Morgan fingerprint density at radius 2 is 2.25 bits per heavy atom. The topological polar surface area (TPSA) is 26.7 Å². The highest BCUT2D eigenvalue weighted by Crippen LogP contribution is 2.23. The maximum atomic E-state index is 8.72. The standard InChI is InChI=1S/C16H22N2OS/c19-9-3-4-14-10-16(20-13-14)12-17-7-8-18-6-2-1-5-15(18)11-17/h10,13,15,19H,1-2,5-9,11-12H2. The summed E-state index contributed by atoms with van der Waals surface area (Å²) in [6.45, 7) is 5.93. The number of aliphatic hydroxyl groups is 1. The van der Waals surface area contributed by atoms with Crippen LogP contribution < -0.4 is 0 Å². The summed E-state index contributed by atoms with van der Waals surface area (Å²) in [6.07, 6.45) is 4.15. The molecule has 2 fully saturated rings. The van der Waals surface area contributed by atoms with E-state index in [1.165, 1.54) is 50.3 Å². The van der Waals surface area contributed by atoms with Crippen LogP contribution in [0.5, 0.6) is 0 Å². The van der Waals surface area contributed by atoms with Crippen LogP contribution in [-0.2, 0) is 6.54 Å². The third-order valence-corrected chi connectivity index (χ3v) is 5.19. The fourth-order valence-corrected chi connectivity index (χ4v) is 4.11. The van der Waals surface area contributed by atoms with Gasteiger partial charge in [-0.25, -0.2) is 0 Å². The highest BCUT2D eigenvalue weighted by molar-refractivity contribution is 7.10. The van der Waals surface area contributed by atoms with Crippen LogP contribution in [0.3, 0.4) is 0 Å². The van der Waals surface area contributed by atoms with Crippen LogP contribution in [0.15, 0.2) is 11.4 Å². The van der Waals surface area contributed by atoms with Crippen molar-refractivity contribution >= 4 is 11.3 Å². The third kappa shape index (κ3) is 3.42. The molecular weight excluding hydrogens is 268 g/mol. The molecule has 0 saturated carbocycles. The van der Waals surface area contributed by atoms with Crippen molar-refractivity contribution in [3.05, 3.63) is 21.9 Å². The van der Waals surface area contributed by atoms with Crippen LogP contribution in [0, 0.1) is 11.8 Å². The molecule has 1 atom stereocenters. The van der Waals surface area contributed by atoms with Gasteiger partial charge in [0, 0.05) is 48.0 Å². The summed E-state index contributed by atoms with van der Waals surface area (Å²) in [5.41, 5.74) is 1.04. The van der Waals surface area contributed by atoms with E-state index in [9.17, 15) is 0 Å². The molecule has 0 radical (unpaired) electrons. The molecule has 2 saturated heterocycles. The first kappa shape index (κ1) is 14.1. The monoisotopic (exact) mass is 290 g/mol. The Morgan fingerprint density at radius 1 is 1.30 bits per heavy atom. The lowest BCUT2D eigenvalue weighted by molar-refractivity contribution is 0.0461. The predicted octanol–water partition coefficient (Wildman–Crippen LogP) is 1.76. The summed E-state index contributed by atoms with van der Waals surface area (Å²) in [7, 11) is 0. The SMILES string of the molecule is OCC#Cc1csc(CN2CCN3CCCCC3C2)c1. The average molecular weight is 290 g/mol. The molecule has 0 bridgehead atoms. The van der Waals surface area contributed by atoms with Crippen LogP contribution in [0.1, 0.15) is 29.7 Å². The largest absolute Gasteiger partial charge is 0.384 e. The van der Waals surface area contributed by atoms with Gasteiger partial charge in [0.05, 0.1) is 0 Å². The van der Waals surface area contributed by atoms with E-state index < -0.39 is 0 Å². The zero-order valence-electron chi connectivity index (χ0n) is 11.8. The highest BCUT2D eigenvalue weighted by Gasteiger charge is 2.28. The van der Waals surface area contributed by atoms with Gasteiger partial charge >= 0.3 is 0 Å². The fraction of sp³-hybridized carbons (Fsp3) is 0.625. The highest BCUT2D eigenvalue weighted by atomic mass is 32.1. The maximum absolute atomic E-state index is 8.72. The van der Waals surface area contributed by atoms with E-state index in [0.29, 0.717) is 0 Å². The molecule has 4 heteroatoms. The van der Waals surface area contributed by atoms with Gasteiger partial charge in [0.1, 0.15) is 6.61 Å². The van der Waals surface area contributed by atoms with Crippen LogP contribution >= 0.6 is 11.3 Å². The van der Waals surface area contributed by atoms with Gasteiger partial charge in [0.15, 0.2) is 0 Å². The molecule has 0 aromatic carbocycles. The molecule has 20 heavy (non-hydrogen) atoms. The van der Waals surface area contributed by atoms with E-state index in [2.05, 4.69) is 33.1 Å². The first-order chi connectivity index (χ1) is 9.85. The number of thiophene rings is 1. The number of hydrogen-bond acceptors (Lipinski definition) is 4. The summed E-state index contributed by atoms with van der Waals surface area (Å²) in [5.74, 6) is 5.69. The second-order valence-electron chi connectivity index (χ2n) is 5.68. The van der Waals surface area contributed by atoms with Gasteiger partial charge < -0.3 is 5.11 Å². The van der Waals surface area contributed by atoms with Crippen molar-refractivity contribution < 1.29 is 5.11 Å². The predicted molar refractivity (Wildman–Crippen MR) is 82.8 cm³/mol. The zero-order chi connectivity index (χ0) is 13.8. The number of nitrogens with zero attached hydrogens (tertiary/aromatic N) is 2. The molecule has 3 nitrogen and oxygen atoms in total. The first-order valence-electron chi connectivity index (χ1n) is 7.49. The molecule has 1 N–H and O–H groups in total. The summed E-state index contributed by atoms with van der Waals surface area (Å²) in [4.78, 5) is 6.64. The van der Waals surface area contributed by atoms with Crippen LogP contribution in [0.25, 0.3) is 0 Å². The Kier molecular flexibility index (Phi) is 4.74. The summed E-state index contributed by atoms with van der Waals surface area (Å²) in [6, 6.07) is 2.95. The second kappa shape index (κ2) is 6.73. The molecule has 2 aliphatic rings. The van der Waals surface area contributed by atoms with Crippen molar-refractivity contribution in [2.45, 2.75) is 31.8 Å². The van der Waals surface area contributed by atoms with E-state index in [1.807, 2.05) is 0 Å². The Bertz CT molecular complexity index is 502. The maximum Gasteiger partial charge on any atom is 0.104 e. The van der Waals surface area contributed by atoms with Crippen LogP contribution in [0.4, 0.5) is 0 Å². The lowest BCUT2D eigenvalue weighted by Gasteiger charge is -2.44. The molecule has 1 aromatic rings. The summed E-state index contributed by atoms with van der Waals surface area (Å²) < 4.78 is 0. The molecule has 0 spiro atoms. The van der Waals surface area contributed by atoms with Gasteiger partial charge in [-0.2, -0.15) is 0 Å². The second-order valence-corrected chi connectivity index (χ2v) is 6.68. The van der Waals surface area contributed by atoms with Crippen LogP contribution in [-0.4, -0.2) is 53.7 Å². The smallest absolute Gasteiger partial charge is 0.104 e. The minimum Gasteiger partial charge on any atom is -0.384 e. The van der Waals surface area contributed by atoms with Crippen molar-refractivity contribution in [1.82, 2.24) is 9.80 Å². The molecule has 0 amide bonds. The molecule has 1 unspecified atom stereocenters. The lowest BCUT2D eigenvalue weighted by Crippen LogP contribution is -2.54. The molecule has 108 valence electrons. The van der Waals surface area contributed by atoms with E-state index in [4.69, 9.17) is 5.11 Å². The third-order valence-electron chi connectivity index (χ3n) is 4.27. The fourth-order valence-electron chi connectivity index (χ4n) is 3.26. The lowest BCUT2D eigenvalue weighted by atomic mass is 9.99. The Balaban J connectivity index is 1.56. The molecule has 1 aromatic heterocycles. The normalized spacial score (nSPS) is 23.9. The number of piperidine rings is 1. The summed E-state index contributed by atoms with van der Waals surface area (Å²) >= 11 is 1.78. The van der Waals surface area contributed by atoms with Crippen LogP contribution in [0.2, 0.25) is 0 Å². The quantitative estimate of drug-likeness (QED) is 0.841. The van der Waals surface area contributed by atoms with E-state index in [-0.39, 0.29) is 6.61 Å². The van der Waals surface area contributed by atoms with Crippen molar-refractivity contribution in [2.75, 3.05) is 32.8 Å². The van der Waals surface area contributed by atoms with Gasteiger partial charge in [-0.3, -0.25) is 9.80 Å². The average Bonchev–Trinajstić information content (AvgIpc) is 2.92. The first-order valence-corrected chi connectivity index (χ1v) is 8.36. The zero-order valence-corrected chi connectivity index (χ0v) is 12.7. The summed E-state index contributed by atoms with van der Waals surface area (Å²) in [5, 5.41) is 10.8. The van der Waals surface area contributed by atoms with Crippen molar-refractivity contribution in [3.63, 3.8) is 0 Å². The van der Waals surface area contributed by atoms with Crippen molar-refractivity contribution in [2.24, 2.45) is 0 Å².